The smallest absolute Gasteiger partial charge is 0.186 e. The molecule has 0 heterocycles. The maximum absolute atomic E-state index is 10.9. The molecule has 0 aliphatic rings. The van der Waals surface area contributed by atoms with Crippen molar-refractivity contribution in [2.45, 2.75) is 39.0 Å². The summed E-state index contributed by atoms with van der Waals surface area (Å²) in [4.78, 5) is 13.1. The molecule has 0 aliphatic carbocycles. The van der Waals surface area contributed by atoms with Crippen molar-refractivity contribution in [1.29, 1.82) is 0 Å². The summed E-state index contributed by atoms with van der Waals surface area (Å²) in [5.41, 5.74) is 9.30. The molecule has 0 amide bonds. The van der Waals surface area contributed by atoms with E-state index in [4.69, 9.17) is 5.73 Å². The van der Waals surface area contributed by atoms with E-state index < -0.39 is 0 Å². The van der Waals surface area contributed by atoms with E-state index in [9.17, 15) is 4.79 Å². The monoisotopic (exact) mass is 306 g/mol. The third kappa shape index (κ3) is 5.94. The molecule has 0 fully saturated rings. The predicted molar refractivity (Wildman–Crippen MR) is 93.9 cm³/mol. The Hall–Kier alpha value is -1.26. The summed E-state index contributed by atoms with van der Waals surface area (Å²) in [5.74, 6) is 0.532. The molecule has 0 saturated carbocycles. The summed E-state index contributed by atoms with van der Waals surface area (Å²) in [7, 11) is 2.04. The largest absolute Gasteiger partial charge is 0.348 e. The van der Waals surface area contributed by atoms with Gasteiger partial charge in [0.05, 0.1) is 0 Å². The third-order valence-electron chi connectivity index (χ3n) is 3.52. The van der Waals surface area contributed by atoms with Gasteiger partial charge in [0.25, 0.3) is 0 Å². The first-order chi connectivity index (χ1) is 9.95. The molecule has 0 unspecified atom stereocenters. The molecule has 0 spiro atoms. The van der Waals surface area contributed by atoms with Crippen LogP contribution in [0.5, 0.6) is 0 Å². The van der Waals surface area contributed by atoms with Gasteiger partial charge >= 0.3 is 0 Å². The summed E-state index contributed by atoms with van der Waals surface area (Å²) in [6.07, 6.45) is 4.03. The van der Waals surface area contributed by atoms with Crippen LogP contribution in [0.2, 0.25) is 0 Å². The number of thiol groups is 1. The average molecular weight is 306 g/mol. The molecular formula is C17H26N2OS. The summed E-state index contributed by atoms with van der Waals surface area (Å²) >= 11 is 3.80. The molecule has 116 valence electrons. The van der Waals surface area contributed by atoms with Gasteiger partial charge in [-0.25, -0.2) is 0 Å². The van der Waals surface area contributed by atoms with E-state index in [1.54, 1.807) is 0 Å². The molecule has 0 saturated heterocycles. The van der Waals surface area contributed by atoms with Crippen molar-refractivity contribution in [3.8, 4) is 0 Å². The molecule has 0 bridgehead atoms. The van der Waals surface area contributed by atoms with E-state index in [2.05, 4.69) is 61.7 Å². The zero-order valence-electron chi connectivity index (χ0n) is 13.2. The summed E-state index contributed by atoms with van der Waals surface area (Å²) in [6.45, 7) is 4.97. The van der Waals surface area contributed by atoms with Crippen LogP contribution >= 0.6 is 12.6 Å². The van der Waals surface area contributed by atoms with Crippen LogP contribution in [-0.2, 0) is 4.79 Å². The minimum Gasteiger partial charge on any atom is -0.348 e. The van der Waals surface area contributed by atoms with Crippen LogP contribution in [-0.4, -0.2) is 18.7 Å². The zero-order chi connectivity index (χ0) is 15.8. The Morgan fingerprint density at radius 3 is 2.38 bits per heavy atom. The Balaban J connectivity index is 2.84. The molecule has 4 heteroatoms. The summed E-state index contributed by atoms with van der Waals surface area (Å²) in [5, 5.41) is -0.0812. The molecule has 0 aliphatic heterocycles. The average Bonchev–Trinajstić information content (AvgIpc) is 2.45. The lowest BCUT2D eigenvalue weighted by Crippen LogP contribution is -2.19. The first-order valence-corrected chi connectivity index (χ1v) is 7.85. The minimum atomic E-state index is -0.0812. The van der Waals surface area contributed by atoms with Crippen LogP contribution in [0.3, 0.4) is 0 Å². The number of carbonyl (C=O) groups is 1. The molecule has 1 rings (SSSR count). The molecule has 0 radical (unpaired) electrons. The van der Waals surface area contributed by atoms with Gasteiger partial charge in [-0.1, -0.05) is 32.1 Å². The first kappa shape index (κ1) is 17.8. The second-order valence-electron chi connectivity index (χ2n) is 5.47. The second kappa shape index (κ2) is 8.90. The molecule has 3 nitrogen and oxygen atoms in total. The number of nitrogens with zero attached hydrogens (tertiary/aromatic N) is 1. The number of hydrogen-bond donors (Lipinski definition) is 2. The second-order valence-corrected chi connectivity index (χ2v) is 5.97. The molecule has 21 heavy (non-hydrogen) atoms. The number of hydrogen-bond acceptors (Lipinski definition) is 3. The van der Waals surface area contributed by atoms with E-state index in [1.165, 1.54) is 5.56 Å². The minimum absolute atomic E-state index is 0.0812. The van der Waals surface area contributed by atoms with Gasteiger partial charge in [-0.05, 0) is 43.0 Å². The third-order valence-corrected chi connectivity index (χ3v) is 3.74. The van der Waals surface area contributed by atoms with Crippen molar-refractivity contribution in [1.82, 2.24) is 0 Å². The van der Waals surface area contributed by atoms with E-state index >= 15 is 0 Å². The van der Waals surface area contributed by atoms with Crippen LogP contribution in [0.4, 0.5) is 5.69 Å². The summed E-state index contributed by atoms with van der Waals surface area (Å²) < 4.78 is 0. The molecule has 0 atom stereocenters. The van der Waals surface area contributed by atoms with Crippen molar-refractivity contribution >= 4 is 23.4 Å². The quantitative estimate of drug-likeness (QED) is 0.720. The van der Waals surface area contributed by atoms with Crippen molar-refractivity contribution in [3.05, 3.63) is 41.6 Å². The number of benzene rings is 1. The van der Waals surface area contributed by atoms with Gasteiger partial charge in [-0.3, -0.25) is 4.79 Å². The Morgan fingerprint density at radius 1 is 1.29 bits per heavy atom. The fourth-order valence-corrected chi connectivity index (χ4v) is 2.29. The Morgan fingerprint density at radius 2 is 1.90 bits per heavy atom. The van der Waals surface area contributed by atoms with Crippen molar-refractivity contribution in [3.63, 3.8) is 0 Å². The molecule has 0 aromatic heterocycles. The van der Waals surface area contributed by atoms with Gasteiger partial charge in [0.15, 0.2) is 5.12 Å². The van der Waals surface area contributed by atoms with Gasteiger partial charge in [-0.15, -0.1) is 12.6 Å². The Labute approximate surface area is 133 Å². The lowest BCUT2D eigenvalue weighted by molar-refractivity contribution is -0.110. The van der Waals surface area contributed by atoms with E-state index in [0.717, 1.165) is 17.8 Å². The maximum Gasteiger partial charge on any atom is 0.186 e. The van der Waals surface area contributed by atoms with E-state index in [1.807, 2.05) is 7.05 Å². The van der Waals surface area contributed by atoms with E-state index in [-0.39, 0.29) is 5.12 Å². The molecule has 1 aromatic rings. The number of allylic oxidation sites excluding steroid dienone is 1. The van der Waals surface area contributed by atoms with Gasteiger partial charge in [0.2, 0.25) is 0 Å². The maximum atomic E-state index is 10.9. The molecule has 1 aromatic carbocycles. The van der Waals surface area contributed by atoms with Crippen LogP contribution in [0, 0.1) is 0 Å². The number of anilines is 1. The highest BCUT2D eigenvalue weighted by molar-refractivity contribution is 7.96. The highest BCUT2D eigenvalue weighted by atomic mass is 32.1. The highest BCUT2D eigenvalue weighted by Crippen LogP contribution is 2.23. The van der Waals surface area contributed by atoms with E-state index in [0.29, 0.717) is 25.3 Å². The number of nitrogens with two attached hydrogens (primary N) is 1. The fraction of sp³-hybridized carbons (Fsp3) is 0.471. The Kier molecular flexibility index (Phi) is 7.54. The topological polar surface area (TPSA) is 46.3 Å². The van der Waals surface area contributed by atoms with Gasteiger partial charge in [0, 0.05) is 24.9 Å². The number of carbonyl (C=O) groups excluding carboxylic acids is 1. The summed E-state index contributed by atoms with van der Waals surface area (Å²) in [6, 6.07) is 8.58. The van der Waals surface area contributed by atoms with Crippen LogP contribution in [0.1, 0.15) is 44.6 Å². The van der Waals surface area contributed by atoms with Gasteiger partial charge in [-0.2, -0.15) is 0 Å². The van der Waals surface area contributed by atoms with Gasteiger partial charge < -0.3 is 10.6 Å². The SMILES string of the molecule is CC(C)c1ccc(N(C)/C(=C\CCC(=O)S)CCN)cc1. The predicted octanol–water partition coefficient (Wildman–Crippen LogP) is 3.72. The van der Waals surface area contributed by atoms with Crippen LogP contribution in [0.15, 0.2) is 36.0 Å². The van der Waals surface area contributed by atoms with Gasteiger partial charge in [0.1, 0.15) is 0 Å². The normalized spacial score (nSPS) is 11.8. The van der Waals surface area contributed by atoms with Crippen LogP contribution < -0.4 is 10.6 Å². The Bertz CT molecular complexity index is 480. The zero-order valence-corrected chi connectivity index (χ0v) is 14.1. The van der Waals surface area contributed by atoms with Crippen molar-refractivity contribution < 1.29 is 4.79 Å². The lowest BCUT2D eigenvalue weighted by Gasteiger charge is -2.23. The lowest BCUT2D eigenvalue weighted by atomic mass is 10.0. The molecule has 2 N–H and O–H groups in total. The standard InChI is InChI=1S/C17H26N2OS/c1-13(2)14-7-9-16(10-8-14)19(3)15(11-12-18)5-4-6-17(20)21/h5,7-10,13H,4,6,11-12,18H2,1-3H3,(H,20,21)/b15-5-. The van der Waals surface area contributed by atoms with Crippen molar-refractivity contribution in [2.24, 2.45) is 5.73 Å². The number of rotatable bonds is 8. The highest BCUT2D eigenvalue weighted by Gasteiger charge is 2.07. The van der Waals surface area contributed by atoms with Crippen molar-refractivity contribution in [2.75, 3.05) is 18.5 Å². The fourth-order valence-electron chi connectivity index (χ4n) is 2.17. The van der Waals surface area contributed by atoms with Crippen LogP contribution in [0.25, 0.3) is 0 Å². The first-order valence-electron chi connectivity index (χ1n) is 7.40. The molecular weight excluding hydrogens is 280 g/mol.